The van der Waals surface area contributed by atoms with E-state index >= 15 is 0 Å². The Kier molecular flexibility index (Phi) is 7.82. The first-order chi connectivity index (χ1) is 9.95. The van der Waals surface area contributed by atoms with Gasteiger partial charge >= 0.3 is 0 Å². The SMILES string of the molecule is CCCNCc1cc(Cl)cc(Cl)c1OCC(O)(CC)CC. The van der Waals surface area contributed by atoms with E-state index in [2.05, 4.69) is 12.2 Å². The lowest BCUT2D eigenvalue weighted by molar-refractivity contribution is -0.0115. The number of aliphatic hydroxyl groups is 1. The third kappa shape index (κ3) is 5.67. The fourth-order valence-corrected chi connectivity index (χ4v) is 2.56. The quantitative estimate of drug-likeness (QED) is 0.657. The number of halogens is 2. The van der Waals surface area contributed by atoms with Gasteiger partial charge in [-0.2, -0.15) is 0 Å². The second-order valence-corrected chi connectivity index (χ2v) is 6.12. The molecule has 0 saturated carbocycles. The molecule has 0 aliphatic carbocycles. The van der Waals surface area contributed by atoms with E-state index in [0.717, 1.165) is 18.5 Å². The Morgan fingerprint density at radius 2 is 1.86 bits per heavy atom. The lowest BCUT2D eigenvalue weighted by Crippen LogP contribution is -2.34. The summed E-state index contributed by atoms with van der Waals surface area (Å²) in [7, 11) is 0. The highest BCUT2D eigenvalue weighted by molar-refractivity contribution is 6.35. The number of nitrogens with one attached hydrogen (secondary N) is 1. The van der Waals surface area contributed by atoms with E-state index in [1.807, 2.05) is 19.9 Å². The monoisotopic (exact) mass is 333 g/mol. The summed E-state index contributed by atoms with van der Waals surface area (Å²) in [6.45, 7) is 7.78. The minimum Gasteiger partial charge on any atom is -0.489 e. The molecule has 0 radical (unpaired) electrons. The zero-order valence-electron chi connectivity index (χ0n) is 13.0. The number of rotatable bonds is 9. The van der Waals surface area contributed by atoms with E-state index in [1.54, 1.807) is 6.07 Å². The molecule has 0 fully saturated rings. The van der Waals surface area contributed by atoms with Crippen molar-refractivity contribution in [3.63, 3.8) is 0 Å². The van der Waals surface area contributed by atoms with Crippen LogP contribution in [0.5, 0.6) is 5.75 Å². The lowest BCUT2D eigenvalue weighted by atomic mass is 9.99. The van der Waals surface area contributed by atoms with E-state index in [9.17, 15) is 5.11 Å². The Hall–Kier alpha value is -0.480. The molecule has 0 aliphatic heterocycles. The minimum atomic E-state index is -0.822. The van der Waals surface area contributed by atoms with Crippen LogP contribution in [-0.4, -0.2) is 23.9 Å². The third-order valence-electron chi connectivity index (χ3n) is 3.63. The molecule has 1 aromatic rings. The summed E-state index contributed by atoms with van der Waals surface area (Å²) in [4.78, 5) is 0. The molecular formula is C16H25Cl2NO2. The maximum absolute atomic E-state index is 10.3. The molecule has 5 heteroatoms. The van der Waals surface area contributed by atoms with Gasteiger partial charge in [0.2, 0.25) is 0 Å². The van der Waals surface area contributed by atoms with Gasteiger partial charge in [0, 0.05) is 17.1 Å². The Balaban J connectivity index is 2.88. The van der Waals surface area contributed by atoms with Gasteiger partial charge in [-0.05, 0) is 37.9 Å². The molecule has 0 aliphatic rings. The molecule has 21 heavy (non-hydrogen) atoms. The van der Waals surface area contributed by atoms with Crippen molar-refractivity contribution < 1.29 is 9.84 Å². The highest BCUT2D eigenvalue weighted by atomic mass is 35.5. The van der Waals surface area contributed by atoms with Gasteiger partial charge in [0.15, 0.2) is 0 Å². The normalized spacial score (nSPS) is 11.7. The molecule has 3 nitrogen and oxygen atoms in total. The smallest absolute Gasteiger partial charge is 0.142 e. The van der Waals surface area contributed by atoms with E-state index in [1.165, 1.54) is 0 Å². The van der Waals surface area contributed by atoms with E-state index in [4.69, 9.17) is 27.9 Å². The van der Waals surface area contributed by atoms with Crippen LogP contribution in [0.25, 0.3) is 0 Å². The van der Waals surface area contributed by atoms with Crippen molar-refractivity contribution in [2.45, 2.75) is 52.2 Å². The Bertz CT molecular complexity index is 448. The van der Waals surface area contributed by atoms with Crippen LogP contribution >= 0.6 is 23.2 Å². The summed E-state index contributed by atoms with van der Waals surface area (Å²) in [5.74, 6) is 0.602. The molecule has 1 aromatic carbocycles. The van der Waals surface area contributed by atoms with Crippen LogP contribution in [0.1, 0.15) is 45.6 Å². The minimum absolute atomic E-state index is 0.224. The van der Waals surface area contributed by atoms with Gasteiger partial charge < -0.3 is 15.2 Å². The zero-order chi connectivity index (χ0) is 15.9. The molecule has 0 unspecified atom stereocenters. The predicted octanol–water partition coefficient (Wildman–Crippen LogP) is 4.42. The third-order valence-corrected chi connectivity index (χ3v) is 4.13. The number of hydrogen-bond donors (Lipinski definition) is 2. The molecule has 0 saturated heterocycles. The Morgan fingerprint density at radius 1 is 1.19 bits per heavy atom. The van der Waals surface area contributed by atoms with Crippen molar-refractivity contribution in [1.29, 1.82) is 0 Å². The Morgan fingerprint density at radius 3 is 2.43 bits per heavy atom. The largest absolute Gasteiger partial charge is 0.489 e. The molecule has 0 aromatic heterocycles. The van der Waals surface area contributed by atoms with E-state index in [-0.39, 0.29) is 6.61 Å². The maximum atomic E-state index is 10.3. The van der Waals surface area contributed by atoms with Crippen molar-refractivity contribution in [3.8, 4) is 5.75 Å². The van der Waals surface area contributed by atoms with Gasteiger partial charge in [0.1, 0.15) is 12.4 Å². The van der Waals surface area contributed by atoms with Gasteiger partial charge in [-0.1, -0.05) is 44.0 Å². The molecule has 0 bridgehead atoms. The Labute approximate surface area is 137 Å². The number of ether oxygens (including phenoxy) is 1. The van der Waals surface area contributed by atoms with Crippen LogP contribution in [0.2, 0.25) is 10.0 Å². The summed E-state index contributed by atoms with van der Waals surface area (Å²) in [5.41, 5.74) is 0.0902. The van der Waals surface area contributed by atoms with E-state index < -0.39 is 5.60 Å². The molecule has 0 amide bonds. The van der Waals surface area contributed by atoms with Crippen molar-refractivity contribution >= 4 is 23.2 Å². The topological polar surface area (TPSA) is 41.5 Å². The fourth-order valence-electron chi connectivity index (χ4n) is 1.97. The summed E-state index contributed by atoms with van der Waals surface area (Å²) < 4.78 is 5.82. The first kappa shape index (κ1) is 18.6. The fraction of sp³-hybridized carbons (Fsp3) is 0.625. The van der Waals surface area contributed by atoms with Crippen LogP contribution in [-0.2, 0) is 6.54 Å². The van der Waals surface area contributed by atoms with Gasteiger partial charge in [-0.3, -0.25) is 0 Å². The number of hydrogen-bond acceptors (Lipinski definition) is 3. The molecule has 2 N–H and O–H groups in total. The molecule has 0 heterocycles. The van der Waals surface area contributed by atoms with Crippen LogP contribution in [0.15, 0.2) is 12.1 Å². The molecular weight excluding hydrogens is 309 g/mol. The first-order valence-electron chi connectivity index (χ1n) is 7.49. The molecule has 0 atom stereocenters. The first-order valence-corrected chi connectivity index (χ1v) is 8.25. The standard InChI is InChI=1S/C16H25Cl2NO2/c1-4-7-19-10-12-8-13(17)9-14(18)15(12)21-11-16(20,5-2)6-3/h8-9,19-20H,4-7,10-11H2,1-3H3. The highest BCUT2D eigenvalue weighted by Gasteiger charge is 2.24. The molecule has 1 rings (SSSR count). The van der Waals surface area contributed by atoms with Gasteiger partial charge in [-0.15, -0.1) is 0 Å². The summed E-state index contributed by atoms with van der Waals surface area (Å²) in [6.07, 6.45) is 2.33. The van der Waals surface area contributed by atoms with Crippen LogP contribution in [0, 0.1) is 0 Å². The van der Waals surface area contributed by atoms with Gasteiger partial charge in [0.25, 0.3) is 0 Å². The second kappa shape index (κ2) is 8.84. The van der Waals surface area contributed by atoms with Gasteiger partial charge in [-0.25, -0.2) is 0 Å². The zero-order valence-corrected chi connectivity index (χ0v) is 14.5. The predicted molar refractivity (Wildman–Crippen MR) is 89.5 cm³/mol. The van der Waals surface area contributed by atoms with Crippen LogP contribution in [0.4, 0.5) is 0 Å². The average molecular weight is 334 g/mol. The van der Waals surface area contributed by atoms with Crippen molar-refractivity contribution in [1.82, 2.24) is 5.32 Å². The van der Waals surface area contributed by atoms with Crippen LogP contribution < -0.4 is 10.1 Å². The van der Waals surface area contributed by atoms with E-state index in [0.29, 0.717) is 35.2 Å². The molecule has 0 spiro atoms. The molecule has 120 valence electrons. The second-order valence-electron chi connectivity index (χ2n) is 5.27. The lowest BCUT2D eigenvalue weighted by Gasteiger charge is -2.26. The highest BCUT2D eigenvalue weighted by Crippen LogP contribution is 2.33. The average Bonchev–Trinajstić information content (AvgIpc) is 2.46. The van der Waals surface area contributed by atoms with Crippen molar-refractivity contribution in [3.05, 3.63) is 27.7 Å². The summed E-state index contributed by atoms with van der Waals surface area (Å²) in [5, 5.41) is 14.7. The van der Waals surface area contributed by atoms with Crippen LogP contribution in [0.3, 0.4) is 0 Å². The summed E-state index contributed by atoms with van der Waals surface area (Å²) >= 11 is 12.3. The maximum Gasteiger partial charge on any atom is 0.142 e. The summed E-state index contributed by atoms with van der Waals surface area (Å²) in [6, 6.07) is 3.51. The van der Waals surface area contributed by atoms with Crippen molar-refractivity contribution in [2.24, 2.45) is 0 Å². The van der Waals surface area contributed by atoms with Gasteiger partial charge in [0.05, 0.1) is 10.6 Å². The van der Waals surface area contributed by atoms with Crippen molar-refractivity contribution in [2.75, 3.05) is 13.2 Å². The number of benzene rings is 1.